The maximum absolute atomic E-state index is 13.0. The van der Waals surface area contributed by atoms with Crippen LogP contribution in [0.5, 0.6) is 5.88 Å². The quantitative estimate of drug-likeness (QED) is 0.357. The predicted octanol–water partition coefficient (Wildman–Crippen LogP) is 5.13. The highest BCUT2D eigenvalue weighted by Gasteiger charge is 2.24. The number of ether oxygens (including phenoxy) is 2. The van der Waals surface area contributed by atoms with Gasteiger partial charge in [0, 0.05) is 29.9 Å². The Kier molecular flexibility index (Phi) is 7.30. The molecule has 9 heteroatoms. The molecule has 0 aliphatic heterocycles. The number of esters is 1. The van der Waals surface area contributed by atoms with E-state index in [1.54, 1.807) is 29.7 Å². The molecule has 0 aliphatic carbocycles. The van der Waals surface area contributed by atoms with Crippen molar-refractivity contribution < 1.29 is 18.7 Å². The minimum atomic E-state index is -0.745. The average molecular weight is 465 g/mol. The summed E-state index contributed by atoms with van der Waals surface area (Å²) in [6, 6.07) is 8.79. The van der Waals surface area contributed by atoms with E-state index in [1.807, 2.05) is 6.92 Å². The van der Waals surface area contributed by atoms with Crippen molar-refractivity contribution in [3.8, 4) is 17.1 Å². The Morgan fingerprint density at radius 2 is 1.90 bits per heavy atom. The zero-order chi connectivity index (χ0) is 22.5. The van der Waals surface area contributed by atoms with Gasteiger partial charge in [-0.25, -0.2) is 9.78 Å². The van der Waals surface area contributed by atoms with E-state index < -0.39 is 17.3 Å². The number of halogens is 3. The highest BCUT2D eigenvalue weighted by Crippen LogP contribution is 2.32. The number of carbonyl (C=O) groups excluding carboxylic acids is 1. The van der Waals surface area contributed by atoms with Crippen LogP contribution in [-0.2, 0) is 17.9 Å². The second kappa shape index (κ2) is 9.94. The van der Waals surface area contributed by atoms with Crippen molar-refractivity contribution in [2.45, 2.75) is 27.0 Å². The van der Waals surface area contributed by atoms with Gasteiger partial charge in [0.2, 0.25) is 11.4 Å². The number of aromatic nitrogens is 2. The molecule has 0 spiro atoms. The molecule has 2 aromatic heterocycles. The first kappa shape index (κ1) is 22.8. The van der Waals surface area contributed by atoms with Crippen molar-refractivity contribution in [2.24, 2.45) is 0 Å². The van der Waals surface area contributed by atoms with Crippen LogP contribution in [0.2, 0.25) is 10.0 Å². The number of carbonyl (C=O) groups is 1. The molecular formula is C22H19Cl2FN2O4. The topological polar surface area (TPSA) is 70.4 Å². The van der Waals surface area contributed by atoms with E-state index in [4.69, 9.17) is 32.7 Å². The Morgan fingerprint density at radius 3 is 2.52 bits per heavy atom. The number of rotatable bonds is 7. The minimum absolute atomic E-state index is 0.0479. The van der Waals surface area contributed by atoms with Gasteiger partial charge in [-0.15, -0.1) is 0 Å². The largest absolute Gasteiger partial charge is 0.474 e. The molecule has 2 heterocycles. The third-order valence-corrected chi connectivity index (χ3v) is 5.18. The smallest absolute Gasteiger partial charge is 0.344 e. The number of hydrogen-bond donors (Lipinski definition) is 0. The highest BCUT2D eigenvalue weighted by molar-refractivity contribution is 6.42. The van der Waals surface area contributed by atoms with Crippen LogP contribution in [0.25, 0.3) is 11.3 Å². The molecule has 6 nitrogen and oxygen atoms in total. The van der Waals surface area contributed by atoms with E-state index in [-0.39, 0.29) is 29.7 Å². The van der Waals surface area contributed by atoms with E-state index >= 15 is 0 Å². The molecule has 0 radical (unpaired) electrons. The summed E-state index contributed by atoms with van der Waals surface area (Å²) in [7, 11) is 0. The summed E-state index contributed by atoms with van der Waals surface area (Å²) in [6.45, 7) is 4.03. The highest BCUT2D eigenvalue weighted by atomic mass is 35.5. The molecule has 0 bridgehead atoms. The van der Waals surface area contributed by atoms with Crippen LogP contribution >= 0.6 is 23.2 Å². The SMILES string of the molecule is CCOC(=O)c1c(-c2ccc(Cl)c(Cl)c2)n(CC)c(OCc2ccc(F)nc2)cc1=O. The summed E-state index contributed by atoms with van der Waals surface area (Å²) >= 11 is 12.2. The van der Waals surface area contributed by atoms with Crippen LogP contribution in [0, 0.1) is 5.95 Å². The average Bonchev–Trinajstić information content (AvgIpc) is 2.74. The maximum Gasteiger partial charge on any atom is 0.344 e. The normalized spacial score (nSPS) is 10.7. The van der Waals surface area contributed by atoms with Crippen molar-refractivity contribution in [3.05, 3.63) is 79.9 Å². The van der Waals surface area contributed by atoms with Crippen molar-refractivity contribution in [2.75, 3.05) is 6.61 Å². The van der Waals surface area contributed by atoms with Crippen LogP contribution in [0.3, 0.4) is 0 Å². The van der Waals surface area contributed by atoms with Crippen molar-refractivity contribution in [1.29, 1.82) is 0 Å². The van der Waals surface area contributed by atoms with E-state index in [0.717, 1.165) is 0 Å². The third kappa shape index (κ3) is 5.06. The van der Waals surface area contributed by atoms with E-state index in [1.165, 1.54) is 24.4 Å². The molecule has 0 fully saturated rings. The van der Waals surface area contributed by atoms with E-state index in [9.17, 15) is 14.0 Å². The molecule has 0 saturated carbocycles. The Balaban J connectivity index is 2.15. The lowest BCUT2D eigenvalue weighted by Gasteiger charge is -2.20. The van der Waals surface area contributed by atoms with E-state index in [2.05, 4.69) is 4.98 Å². The molecule has 162 valence electrons. The first-order valence-corrected chi connectivity index (χ1v) is 10.2. The monoisotopic (exact) mass is 464 g/mol. The number of nitrogens with zero attached hydrogens (tertiary/aromatic N) is 2. The van der Waals surface area contributed by atoms with Gasteiger partial charge in [0.15, 0.2) is 5.88 Å². The molecule has 3 aromatic rings. The van der Waals surface area contributed by atoms with Crippen molar-refractivity contribution in [3.63, 3.8) is 0 Å². The molecule has 0 aliphatic rings. The zero-order valence-electron chi connectivity index (χ0n) is 16.8. The lowest BCUT2D eigenvalue weighted by atomic mass is 10.0. The van der Waals surface area contributed by atoms with Gasteiger partial charge in [0.25, 0.3) is 0 Å². The zero-order valence-corrected chi connectivity index (χ0v) is 18.3. The lowest BCUT2D eigenvalue weighted by molar-refractivity contribution is 0.0524. The molecule has 31 heavy (non-hydrogen) atoms. The Labute approximate surface area is 188 Å². The molecule has 0 saturated heterocycles. The fourth-order valence-electron chi connectivity index (χ4n) is 3.05. The van der Waals surface area contributed by atoms with Gasteiger partial charge in [0.05, 0.1) is 22.3 Å². The molecule has 3 rings (SSSR count). The summed E-state index contributed by atoms with van der Waals surface area (Å²) in [4.78, 5) is 29.1. The van der Waals surface area contributed by atoms with Gasteiger partial charge in [0.1, 0.15) is 12.2 Å². The van der Waals surface area contributed by atoms with Crippen LogP contribution in [-0.4, -0.2) is 22.1 Å². The Hall–Kier alpha value is -2.90. The van der Waals surface area contributed by atoms with Crippen LogP contribution in [0.1, 0.15) is 29.8 Å². The fourth-order valence-corrected chi connectivity index (χ4v) is 3.35. The van der Waals surface area contributed by atoms with Crippen LogP contribution in [0.4, 0.5) is 4.39 Å². The summed E-state index contributed by atoms with van der Waals surface area (Å²) in [5, 5.41) is 0.609. The lowest BCUT2D eigenvalue weighted by Crippen LogP contribution is -2.24. The first-order valence-electron chi connectivity index (χ1n) is 9.49. The number of pyridine rings is 2. The predicted molar refractivity (Wildman–Crippen MR) is 116 cm³/mol. The second-order valence-electron chi connectivity index (χ2n) is 6.44. The molecule has 0 unspecified atom stereocenters. The molecule has 0 amide bonds. The van der Waals surface area contributed by atoms with Crippen molar-refractivity contribution >= 4 is 29.2 Å². The van der Waals surface area contributed by atoms with Crippen LogP contribution in [0.15, 0.2) is 47.4 Å². The van der Waals surface area contributed by atoms with Gasteiger partial charge < -0.3 is 14.0 Å². The Bertz CT molecular complexity index is 1160. The molecule has 1 aromatic carbocycles. The molecule has 0 atom stereocenters. The summed E-state index contributed by atoms with van der Waals surface area (Å²) in [5.74, 6) is -1.12. The maximum atomic E-state index is 13.0. The van der Waals surface area contributed by atoms with Gasteiger partial charge in [-0.1, -0.05) is 29.3 Å². The van der Waals surface area contributed by atoms with Crippen molar-refractivity contribution in [1.82, 2.24) is 9.55 Å². The van der Waals surface area contributed by atoms with E-state index in [0.29, 0.717) is 28.4 Å². The second-order valence-corrected chi connectivity index (χ2v) is 7.26. The number of benzene rings is 1. The summed E-state index contributed by atoms with van der Waals surface area (Å²) < 4.78 is 25.7. The fraction of sp³-hybridized carbons (Fsp3) is 0.227. The first-order chi connectivity index (χ1) is 14.8. The van der Waals surface area contributed by atoms with Gasteiger partial charge in [-0.05, 0) is 38.1 Å². The summed E-state index contributed by atoms with van der Waals surface area (Å²) in [5.41, 5.74) is 0.737. The Morgan fingerprint density at radius 1 is 1.13 bits per heavy atom. The van der Waals surface area contributed by atoms with Gasteiger partial charge in [-0.3, -0.25) is 4.79 Å². The molecular weight excluding hydrogens is 446 g/mol. The van der Waals surface area contributed by atoms with Gasteiger partial charge in [-0.2, -0.15) is 4.39 Å². The summed E-state index contributed by atoms with van der Waals surface area (Å²) in [6.07, 6.45) is 1.34. The number of hydrogen-bond acceptors (Lipinski definition) is 5. The molecule has 0 N–H and O–H groups in total. The third-order valence-electron chi connectivity index (χ3n) is 4.44. The van der Waals surface area contributed by atoms with Gasteiger partial charge >= 0.3 is 5.97 Å². The standard InChI is InChI=1S/C22H19Cl2FN2O4/c1-3-27-19(31-12-13-5-8-18(25)26-11-13)10-17(28)20(22(29)30-4-2)21(27)14-6-7-15(23)16(24)9-14/h5-11H,3-4,12H2,1-2H3. The minimum Gasteiger partial charge on any atom is -0.474 e. The van der Waals surface area contributed by atoms with Crippen LogP contribution < -0.4 is 10.2 Å².